The van der Waals surface area contributed by atoms with E-state index in [0.717, 1.165) is 67.6 Å². The summed E-state index contributed by atoms with van der Waals surface area (Å²) >= 11 is 0. The maximum Gasteiger partial charge on any atom is 0.0991 e. The smallest absolute Gasteiger partial charge is 0.0991 e. The lowest BCUT2D eigenvalue weighted by Crippen LogP contribution is -2.26. The number of nitrogens with one attached hydrogen (secondary N) is 4. The largest absolute Gasteiger partial charge is 0.374 e. The first-order chi connectivity index (χ1) is 26.3. The van der Waals surface area contributed by atoms with Gasteiger partial charge in [0.05, 0.1) is 48.0 Å². The Kier molecular flexibility index (Phi) is 12.4. The van der Waals surface area contributed by atoms with Crippen LogP contribution in [0.15, 0.2) is 91.1 Å². The third-order valence-corrected chi connectivity index (χ3v) is 9.87. The first kappa shape index (κ1) is 37.8. The highest BCUT2D eigenvalue weighted by Gasteiger charge is 2.21. The molecule has 0 aliphatic carbocycles. The summed E-state index contributed by atoms with van der Waals surface area (Å²) in [6.07, 6.45) is 2.88. The van der Waals surface area contributed by atoms with E-state index in [1.807, 2.05) is 25.4 Å². The summed E-state index contributed by atoms with van der Waals surface area (Å²) in [6.45, 7) is 14.2. The minimum absolute atomic E-state index is 0.0726. The number of pyridine rings is 1. The normalized spacial score (nSPS) is 11.1. The Bertz CT molecular complexity index is 2370. The molecular weight excluding hydrogens is 665 g/mol. The van der Waals surface area contributed by atoms with Crippen molar-refractivity contribution < 1.29 is 0 Å². The van der Waals surface area contributed by atoms with Crippen molar-refractivity contribution in [2.24, 2.45) is 0 Å². The van der Waals surface area contributed by atoms with Crippen LogP contribution in [0.2, 0.25) is 0 Å². The van der Waals surface area contributed by atoms with E-state index < -0.39 is 0 Å². The molecular formula is C46H50N8. The summed E-state index contributed by atoms with van der Waals surface area (Å²) < 4.78 is 4.54. The highest BCUT2D eigenvalue weighted by molar-refractivity contribution is 5.84. The van der Waals surface area contributed by atoms with Gasteiger partial charge in [-0.2, -0.15) is 5.26 Å². The summed E-state index contributed by atoms with van der Waals surface area (Å²) in [4.78, 5) is 4.83. The number of nitriles is 1. The maximum atomic E-state index is 9.00. The van der Waals surface area contributed by atoms with E-state index in [1.54, 1.807) is 12.1 Å². The molecule has 0 amide bonds. The summed E-state index contributed by atoms with van der Waals surface area (Å²) in [5.41, 5.74) is 10.6. The lowest BCUT2D eigenvalue weighted by atomic mass is 9.85. The Balaban J connectivity index is 0.978. The van der Waals surface area contributed by atoms with Crippen LogP contribution in [0.5, 0.6) is 0 Å². The lowest BCUT2D eigenvalue weighted by molar-refractivity contribution is 0.445. The topological polar surface area (TPSA) is 94.7 Å². The summed E-state index contributed by atoms with van der Waals surface area (Å²) in [5.74, 6) is 13.3. The minimum atomic E-state index is -0.0726. The molecule has 0 radical (unpaired) electrons. The van der Waals surface area contributed by atoms with Gasteiger partial charge in [0.2, 0.25) is 0 Å². The van der Waals surface area contributed by atoms with Crippen LogP contribution in [0.25, 0.3) is 21.8 Å². The molecule has 3 heterocycles. The Morgan fingerprint density at radius 3 is 1.81 bits per heavy atom. The van der Waals surface area contributed by atoms with E-state index in [4.69, 9.17) is 10.2 Å². The molecule has 6 rings (SSSR count). The van der Waals surface area contributed by atoms with E-state index in [9.17, 15) is 0 Å². The first-order valence-electron chi connectivity index (χ1n) is 18.8. The molecule has 0 saturated carbocycles. The van der Waals surface area contributed by atoms with Crippen molar-refractivity contribution in [1.82, 2.24) is 24.8 Å². The van der Waals surface area contributed by atoms with Crippen LogP contribution in [0.1, 0.15) is 67.9 Å². The summed E-state index contributed by atoms with van der Waals surface area (Å²) in [7, 11) is 1.97. The molecule has 0 unspecified atom stereocenters. The molecule has 54 heavy (non-hydrogen) atoms. The highest BCUT2D eigenvalue weighted by Crippen LogP contribution is 2.26. The number of benzene rings is 3. The van der Waals surface area contributed by atoms with Gasteiger partial charge < -0.3 is 30.4 Å². The second kappa shape index (κ2) is 17.7. The van der Waals surface area contributed by atoms with Crippen LogP contribution < -0.4 is 21.3 Å². The van der Waals surface area contributed by atoms with E-state index in [1.165, 1.54) is 32.9 Å². The van der Waals surface area contributed by atoms with E-state index in [0.29, 0.717) is 18.7 Å². The quantitative estimate of drug-likeness (QED) is 0.0675. The highest BCUT2D eigenvalue weighted by atomic mass is 15.0. The van der Waals surface area contributed by atoms with Crippen LogP contribution in [0.3, 0.4) is 0 Å². The van der Waals surface area contributed by atoms with Crippen molar-refractivity contribution >= 4 is 33.2 Å². The van der Waals surface area contributed by atoms with Gasteiger partial charge in [-0.1, -0.05) is 37.8 Å². The molecule has 3 aromatic carbocycles. The fourth-order valence-corrected chi connectivity index (χ4v) is 6.84. The average molecular weight is 715 g/mol. The fraction of sp³-hybridized carbons (Fsp3) is 0.304. The molecule has 0 fully saturated rings. The van der Waals surface area contributed by atoms with Gasteiger partial charge in [0.15, 0.2) is 0 Å². The molecule has 0 atom stereocenters. The van der Waals surface area contributed by atoms with Crippen LogP contribution in [0, 0.1) is 35.0 Å². The zero-order chi connectivity index (χ0) is 37.9. The third kappa shape index (κ3) is 9.14. The molecule has 3 aromatic heterocycles. The van der Waals surface area contributed by atoms with Crippen LogP contribution in [-0.4, -0.2) is 40.8 Å². The zero-order valence-corrected chi connectivity index (χ0v) is 32.1. The van der Waals surface area contributed by atoms with Gasteiger partial charge in [-0.25, -0.2) is 0 Å². The number of hydrogen-bond donors (Lipinski definition) is 4. The minimum Gasteiger partial charge on any atom is -0.374 e. The molecule has 4 N–H and O–H groups in total. The van der Waals surface area contributed by atoms with Crippen molar-refractivity contribution in [3.05, 3.63) is 125 Å². The maximum absolute atomic E-state index is 9.00. The number of aryl methyl sites for hydroxylation is 2. The van der Waals surface area contributed by atoms with Gasteiger partial charge in [0, 0.05) is 64.8 Å². The molecule has 8 nitrogen and oxygen atoms in total. The van der Waals surface area contributed by atoms with Crippen molar-refractivity contribution in [1.29, 1.82) is 5.26 Å². The molecule has 0 spiro atoms. The summed E-state index contributed by atoms with van der Waals surface area (Å²) in [5, 5.41) is 25.0. The fourth-order valence-electron chi connectivity index (χ4n) is 6.84. The van der Waals surface area contributed by atoms with Crippen molar-refractivity contribution in [3.63, 3.8) is 0 Å². The Labute approximate surface area is 320 Å². The number of fused-ring (bicyclic) bond motifs is 2. The second-order valence-electron chi connectivity index (χ2n) is 14.1. The third-order valence-electron chi connectivity index (χ3n) is 9.87. The van der Waals surface area contributed by atoms with Gasteiger partial charge in [-0.05, 0) is 130 Å². The van der Waals surface area contributed by atoms with E-state index in [2.05, 4.69) is 149 Å². The zero-order valence-electron chi connectivity index (χ0n) is 32.1. The van der Waals surface area contributed by atoms with Gasteiger partial charge >= 0.3 is 0 Å². The first-order valence-corrected chi connectivity index (χ1v) is 18.8. The van der Waals surface area contributed by atoms with Crippen molar-refractivity contribution in [3.8, 4) is 29.8 Å². The number of anilines is 2. The number of aromatic nitrogens is 3. The molecule has 0 aliphatic heterocycles. The molecule has 0 aliphatic rings. The standard InChI is InChI=1S/C46H50N8/c1-6-53-42(28-37-26-35(31-48-5)14-19-43(37)53)11-9-24-51-40-18-21-45(52-33-40)46(3,4)22-25-49-32-36-15-20-44-38(27-36)29-41(54(44)7-2)10-8-23-50-39-16-12-34(30-47)13-17-39/h12-21,26-29,33,48-51H,6-7,22-25,31-32H2,1-5H3. The van der Waals surface area contributed by atoms with Crippen LogP contribution >= 0.6 is 0 Å². The Morgan fingerprint density at radius 2 is 1.28 bits per heavy atom. The van der Waals surface area contributed by atoms with Crippen LogP contribution in [0.4, 0.5) is 11.4 Å². The SMILES string of the molecule is CCn1c(C#CCNc2ccc(C(C)(C)CCNCc3ccc4c(c3)cc(C#CCNc3ccc(C#N)cc3)n4CC)nc2)cc2cc(CNC)ccc21. The monoisotopic (exact) mass is 714 g/mol. The average Bonchev–Trinajstić information content (AvgIpc) is 3.73. The number of rotatable bonds is 14. The predicted octanol–water partition coefficient (Wildman–Crippen LogP) is 8.01. The molecule has 0 saturated heterocycles. The van der Waals surface area contributed by atoms with Crippen LogP contribution in [-0.2, 0) is 31.6 Å². The lowest BCUT2D eigenvalue weighted by Gasteiger charge is -2.24. The van der Waals surface area contributed by atoms with E-state index >= 15 is 0 Å². The predicted molar refractivity (Wildman–Crippen MR) is 223 cm³/mol. The number of hydrogen-bond acceptors (Lipinski definition) is 6. The van der Waals surface area contributed by atoms with Gasteiger partial charge in [-0.3, -0.25) is 4.98 Å². The molecule has 0 bridgehead atoms. The Morgan fingerprint density at radius 1 is 0.704 bits per heavy atom. The van der Waals surface area contributed by atoms with Crippen molar-refractivity contribution in [2.75, 3.05) is 37.3 Å². The summed E-state index contributed by atoms with van der Waals surface area (Å²) in [6, 6.07) is 31.5. The van der Waals surface area contributed by atoms with Gasteiger partial charge in [-0.15, -0.1) is 0 Å². The molecule has 6 aromatic rings. The van der Waals surface area contributed by atoms with E-state index in [-0.39, 0.29) is 5.41 Å². The van der Waals surface area contributed by atoms with Crippen molar-refractivity contribution in [2.45, 2.75) is 65.7 Å². The second-order valence-corrected chi connectivity index (χ2v) is 14.1. The molecule has 8 heteroatoms. The van der Waals surface area contributed by atoms with Gasteiger partial charge in [0.25, 0.3) is 0 Å². The molecule has 274 valence electrons. The number of nitrogens with zero attached hydrogens (tertiary/aromatic N) is 4. The Hall–Kier alpha value is -5.98. The van der Waals surface area contributed by atoms with Gasteiger partial charge in [0.1, 0.15) is 0 Å².